The Morgan fingerprint density at radius 3 is 2.36 bits per heavy atom. The maximum Gasteiger partial charge on any atom is 0.229 e. The van der Waals surface area contributed by atoms with Crippen LogP contribution >= 0.6 is 0 Å². The third kappa shape index (κ3) is 3.88. The van der Waals surface area contributed by atoms with Gasteiger partial charge in [-0.3, -0.25) is 0 Å². The third-order valence-corrected chi connectivity index (χ3v) is 4.58. The minimum Gasteiger partial charge on any atom is -0.546 e. The SMILES string of the molecule is Cc1ncn(C)c1C(=Nc1ccccc1O[SiH](C)C)c1ccccc1. The van der Waals surface area contributed by atoms with Gasteiger partial charge in [-0.25, -0.2) is 9.98 Å². The van der Waals surface area contributed by atoms with Gasteiger partial charge in [0.25, 0.3) is 0 Å². The predicted molar refractivity (Wildman–Crippen MR) is 106 cm³/mol. The summed E-state index contributed by atoms with van der Waals surface area (Å²) in [6.07, 6.45) is 1.83. The van der Waals surface area contributed by atoms with Gasteiger partial charge < -0.3 is 8.99 Å². The summed E-state index contributed by atoms with van der Waals surface area (Å²) in [5, 5.41) is 0. The van der Waals surface area contributed by atoms with Gasteiger partial charge in [0.05, 0.1) is 23.4 Å². The van der Waals surface area contributed by atoms with Gasteiger partial charge in [-0.15, -0.1) is 0 Å². The minimum atomic E-state index is -1.21. The van der Waals surface area contributed by atoms with Crippen molar-refractivity contribution >= 4 is 20.4 Å². The van der Waals surface area contributed by atoms with Gasteiger partial charge in [0, 0.05) is 12.6 Å². The first kappa shape index (κ1) is 17.2. The Bertz CT molecular complexity index is 865. The molecule has 0 aliphatic heterocycles. The van der Waals surface area contributed by atoms with Gasteiger partial charge in [-0.2, -0.15) is 0 Å². The molecule has 0 fully saturated rings. The van der Waals surface area contributed by atoms with Gasteiger partial charge >= 0.3 is 0 Å². The first-order valence-corrected chi connectivity index (χ1v) is 11.2. The molecule has 0 radical (unpaired) electrons. The Kier molecular flexibility index (Phi) is 5.14. The molecule has 4 nitrogen and oxygen atoms in total. The molecule has 0 saturated heterocycles. The van der Waals surface area contributed by atoms with Gasteiger partial charge in [0.15, 0.2) is 0 Å². The van der Waals surface area contributed by atoms with Crippen molar-refractivity contribution in [2.24, 2.45) is 12.0 Å². The van der Waals surface area contributed by atoms with Crippen LogP contribution in [0.1, 0.15) is 17.0 Å². The molecule has 0 N–H and O–H groups in total. The molecular weight excluding hydrogens is 326 g/mol. The number of aliphatic imine (C=N–C) groups is 1. The normalized spacial score (nSPS) is 11.8. The second kappa shape index (κ2) is 7.48. The standard InChI is InChI=1S/C20H23N3OSi/c1-15-20(23(2)14-21-15)19(16-10-6-5-7-11-16)22-17-12-8-9-13-18(17)24-25(3)4/h5-14,25H,1-4H3. The van der Waals surface area contributed by atoms with E-state index in [0.29, 0.717) is 0 Å². The van der Waals surface area contributed by atoms with Crippen molar-refractivity contribution in [3.05, 3.63) is 77.9 Å². The Hall–Kier alpha value is -2.66. The highest BCUT2D eigenvalue weighted by molar-refractivity contribution is 6.49. The molecule has 0 saturated carbocycles. The van der Waals surface area contributed by atoms with Crippen LogP contribution in [0.25, 0.3) is 0 Å². The molecule has 0 spiro atoms. The molecule has 3 aromatic rings. The molecule has 2 aromatic carbocycles. The first-order chi connectivity index (χ1) is 12.1. The molecule has 3 rings (SSSR count). The van der Waals surface area contributed by atoms with E-state index in [2.05, 4.69) is 30.2 Å². The average molecular weight is 350 g/mol. The van der Waals surface area contributed by atoms with Gasteiger partial charge in [-0.05, 0) is 32.2 Å². The highest BCUT2D eigenvalue weighted by atomic mass is 28.3. The Labute approximate surface area is 150 Å². The van der Waals surface area contributed by atoms with Crippen molar-refractivity contribution in [2.75, 3.05) is 0 Å². The fourth-order valence-corrected chi connectivity index (χ4v) is 3.47. The van der Waals surface area contributed by atoms with E-state index in [1.807, 2.05) is 67.3 Å². The van der Waals surface area contributed by atoms with Crippen LogP contribution in [0.3, 0.4) is 0 Å². The maximum atomic E-state index is 6.07. The van der Waals surface area contributed by atoms with Crippen LogP contribution in [-0.4, -0.2) is 24.3 Å². The summed E-state index contributed by atoms with van der Waals surface area (Å²) in [5.74, 6) is 0.845. The number of nitrogens with zero attached hydrogens (tertiary/aromatic N) is 3. The number of hydrogen-bond acceptors (Lipinski definition) is 3. The fourth-order valence-electron chi connectivity index (χ4n) is 2.76. The molecular formula is C20H23N3OSi. The largest absolute Gasteiger partial charge is 0.546 e. The summed E-state index contributed by atoms with van der Waals surface area (Å²) in [7, 11) is 0.785. The van der Waals surface area contributed by atoms with Crippen molar-refractivity contribution in [3.8, 4) is 5.75 Å². The van der Waals surface area contributed by atoms with E-state index in [0.717, 1.165) is 34.1 Å². The summed E-state index contributed by atoms with van der Waals surface area (Å²) in [4.78, 5) is 9.43. The van der Waals surface area contributed by atoms with E-state index < -0.39 is 9.04 Å². The molecule has 0 unspecified atom stereocenters. The lowest BCUT2D eigenvalue weighted by molar-refractivity contribution is 0.582. The van der Waals surface area contributed by atoms with Crippen LogP contribution < -0.4 is 4.43 Å². The number of imidazole rings is 1. The Balaban J connectivity index is 2.18. The molecule has 128 valence electrons. The lowest BCUT2D eigenvalue weighted by atomic mass is 10.1. The molecule has 1 heterocycles. The lowest BCUT2D eigenvalue weighted by Crippen LogP contribution is -2.12. The van der Waals surface area contributed by atoms with Gasteiger partial charge in [-0.1, -0.05) is 42.5 Å². The summed E-state index contributed by atoms with van der Waals surface area (Å²) in [5.41, 5.74) is 4.79. The topological polar surface area (TPSA) is 39.4 Å². The number of aryl methyl sites for hydroxylation is 2. The van der Waals surface area contributed by atoms with Crippen LogP contribution in [0, 0.1) is 6.92 Å². The zero-order valence-corrected chi connectivity index (χ0v) is 16.3. The highest BCUT2D eigenvalue weighted by Crippen LogP contribution is 2.29. The molecule has 0 amide bonds. The maximum absolute atomic E-state index is 6.07. The highest BCUT2D eigenvalue weighted by Gasteiger charge is 2.16. The van der Waals surface area contributed by atoms with Crippen LogP contribution in [0.15, 0.2) is 65.9 Å². The van der Waals surface area contributed by atoms with Crippen LogP contribution in [0.4, 0.5) is 5.69 Å². The summed E-state index contributed by atoms with van der Waals surface area (Å²) in [6.45, 7) is 6.32. The number of aromatic nitrogens is 2. The lowest BCUT2D eigenvalue weighted by Gasteiger charge is -2.14. The van der Waals surface area contributed by atoms with E-state index in [9.17, 15) is 0 Å². The zero-order chi connectivity index (χ0) is 17.8. The van der Waals surface area contributed by atoms with E-state index >= 15 is 0 Å². The van der Waals surface area contributed by atoms with Crippen molar-refractivity contribution in [1.82, 2.24) is 9.55 Å². The zero-order valence-electron chi connectivity index (χ0n) is 15.1. The van der Waals surface area contributed by atoms with Crippen LogP contribution in [0.2, 0.25) is 13.1 Å². The van der Waals surface area contributed by atoms with Crippen molar-refractivity contribution in [1.29, 1.82) is 0 Å². The van der Waals surface area contributed by atoms with Crippen molar-refractivity contribution < 1.29 is 4.43 Å². The molecule has 0 aliphatic rings. The molecule has 1 aromatic heterocycles. The summed E-state index contributed by atoms with van der Waals surface area (Å²) >= 11 is 0. The fraction of sp³-hybridized carbons (Fsp3) is 0.200. The second-order valence-electron chi connectivity index (χ2n) is 6.25. The predicted octanol–water partition coefficient (Wildman–Crippen LogP) is 4.26. The molecule has 25 heavy (non-hydrogen) atoms. The number of hydrogen-bond donors (Lipinski definition) is 0. The van der Waals surface area contributed by atoms with Gasteiger partial charge in [0.2, 0.25) is 9.04 Å². The Morgan fingerprint density at radius 2 is 1.72 bits per heavy atom. The molecule has 0 aliphatic carbocycles. The first-order valence-electron chi connectivity index (χ1n) is 8.44. The average Bonchev–Trinajstić information content (AvgIpc) is 2.93. The Morgan fingerprint density at radius 1 is 1.04 bits per heavy atom. The van der Waals surface area contributed by atoms with E-state index in [-0.39, 0.29) is 0 Å². The smallest absolute Gasteiger partial charge is 0.229 e. The van der Waals surface area contributed by atoms with Gasteiger partial charge in [0.1, 0.15) is 11.4 Å². The van der Waals surface area contributed by atoms with Crippen molar-refractivity contribution in [2.45, 2.75) is 20.0 Å². The number of rotatable bonds is 5. The number of para-hydroxylation sites is 2. The van der Waals surface area contributed by atoms with E-state index in [4.69, 9.17) is 9.42 Å². The number of benzene rings is 2. The van der Waals surface area contributed by atoms with Crippen LogP contribution in [0.5, 0.6) is 5.75 Å². The van der Waals surface area contributed by atoms with E-state index in [1.54, 1.807) is 0 Å². The summed E-state index contributed by atoms with van der Waals surface area (Å²) < 4.78 is 8.09. The minimum absolute atomic E-state index is 0.845. The van der Waals surface area contributed by atoms with Crippen LogP contribution in [-0.2, 0) is 7.05 Å². The quantitative estimate of drug-likeness (QED) is 0.510. The second-order valence-corrected chi connectivity index (χ2v) is 8.58. The molecule has 5 heteroatoms. The molecule has 0 bridgehead atoms. The monoisotopic (exact) mass is 349 g/mol. The third-order valence-electron chi connectivity index (χ3n) is 3.85. The molecule has 0 atom stereocenters. The van der Waals surface area contributed by atoms with E-state index in [1.165, 1.54) is 0 Å². The summed E-state index contributed by atoms with van der Waals surface area (Å²) in [6, 6.07) is 18.2. The van der Waals surface area contributed by atoms with Crippen molar-refractivity contribution in [3.63, 3.8) is 0 Å².